The average Bonchev–Trinajstić information content (AvgIpc) is 3.49. The minimum Gasteiger partial charge on any atom is -0.464 e. The number of hydrogen-bond donors (Lipinski definition) is 0. The van der Waals surface area contributed by atoms with Crippen molar-refractivity contribution in [2.45, 2.75) is 25.2 Å². The van der Waals surface area contributed by atoms with Gasteiger partial charge in [0.05, 0.1) is 17.7 Å². The number of fused-ring (bicyclic) bond motifs is 1. The van der Waals surface area contributed by atoms with E-state index in [4.69, 9.17) is 9.40 Å². The Kier molecular flexibility index (Phi) is 6.45. The summed E-state index contributed by atoms with van der Waals surface area (Å²) < 4.78 is 7.14. The number of hydrogen-bond acceptors (Lipinski definition) is 7. The molecule has 0 saturated heterocycles. The first-order chi connectivity index (χ1) is 15.0. The topological polar surface area (TPSA) is 68.3 Å². The molecule has 0 atom stereocenters. The van der Waals surface area contributed by atoms with Crippen molar-refractivity contribution in [1.29, 1.82) is 0 Å². The number of allylic oxidation sites excluding steroid dienone is 1. The van der Waals surface area contributed by atoms with Crippen molar-refractivity contribution < 1.29 is 9.21 Å². The first-order valence-corrected chi connectivity index (χ1v) is 12.3. The number of aromatic nitrogens is 2. The molecule has 0 unspecified atom stereocenters. The number of carbonyl (C=O) groups is 1. The molecule has 0 spiro atoms. The predicted octanol–water partition coefficient (Wildman–Crippen LogP) is 5.02. The Morgan fingerprint density at radius 1 is 1.35 bits per heavy atom. The molecular weight excluding hydrogens is 450 g/mol. The van der Waals surface area contributed by atoms with Crippen molar-refractivity contribution in [2.24, 2.45) is 0 Å². The monoisotopic (exact) mass is 471 g/mol. The van der Waals surface area contributed by atoms with Gasteiger partial charge >= 0.3 is 0 Å². The highest BCUT2D eigenvalue weighted by Gasteiger charge is 2.19. The molecule has 0 N–H and O–H groups in total. The number of rotatable bonds is 8. The number of aryl methyl sites for hydroxylation is 1. The third-order valence-electron chi connectivity index (χ3n) is 4.70. The van der Waals surface area contributed by atoms with Gasteiger partial charge in [-0.25, -0.2) is 4.98 Å². The van der Waals surface area contributed by atoms with Crippen LogP contribution in [-0.2, 0) is 17.9 Å². The zero-order valence-corrected chi connectivity index (χ0v) is 19.6. The number of amides is 1. The summed E-state index contributed by atoms with van der Waals surface area (Å²) in [5, 5.41) is 5.11. The van der Waals surface area contributed by atoms with Gasteiger partial charge < -0.3 is 9.32 Å². The summed E-state index contributed by atoms with van der Waals surface area (Å²) in [5.41, 5.74) is 0.801. The molecule has 4 heterocycles. The van der Waals surface area contributed by atoms with Gasteiger partial charge in [0, 0.05) is 29.4 Å². The fourth-order valence-corrected chi connectivity index (χ4v) is 5.90. The smallest absolute Gasteiger partial charge is 0.263 e. The summed E-state index contributed by atoms with van der Waals surface area (Å²) >= 11 is 4.31. The predicted molar refractivity (Wildman–Crippen MR) is 128 cm³/mol. The lowest BCUT2D eigenvalue weighted by atomic mass is 10.2. The van der Waals surface area contributed by atoms with Gasteiger partial charge in [0.25, 0.3) is 5.56 Å². The molecule has 0 radical (unpaired) electrons. The molecule has 160 valence electrons. The van der Waals surface area contributed by atoms with E-state index in [0.717, 1.165) is 22.0 Å². The lowest BCUT2D eigenvalue weighted by molar-refractivity contribution is -0.127. The summed E-state index contributed by atoms with van der Waals surface area (Å²) in [6.07, 6.45) is 1.67. The van der Waals surface area contributed by atoms with Crippen LogP contribution in [0.3, 0.4) is 0 Å². The zero-order chi connectivity index (χ0) is 22.0. The molecule has 4 aromatic heterocycles. The van der Waals surface area contributed by atoms with Gasteiger partial charge in [-0.05, 0) is 30.5 Å². The zero-order valence-electron chi connectivity index (χ0n) is 17.2. The molecule has 0 aliphatic rings. The molecule has 9 heteroatoms. The Bertz CT molecular complexity index is 1280. The molecule has 4 rings (SSSR count). The van der Waals surface area contributed by atoms with Crippen molar-refractivity contribution in [1.82, 2.24) is 14.5 Å². The SMILES string of the molecule is C=CCn1c(SCC(=O)N(C)Cc2ccc(C)o2)nc2scc(-c3cccs3)c2c1=O. The second-order valence-electron chi connectivity index (χ2n) is 6.96. The van der Waals surface area contributed by atoms with E-state index in [1.807, 2.05) is 41.9 Å². The Labute approximate surface area is 191 Å². The van der Waals surface area contributed by atoms with Gasteiger partial charge in [0.2, 0.25) is 5.91 Å². The van der Waals surface area contributed by atoms with Gasteiger partial charge in [0.1, 0.15) is 16.4 Å². The average molecular weight is 472 g/mol. The minimum absolute atomic E-state index is 0.0657. The Morgan fingerprint density at radius 3 is 2.87 bits per heavy atom. The van der Waals surface area contributed by atoms with Crippen molar-refractivity contribution >= 4 is 50.6 Å². The number of thiophene rings is 2. The van der Waals surface area contributed by atoms with Crippen LogP contribution in [0.4, 0.5) is 0 Å². The Balaban J connectivity index is 1.58. The van der Waals surface area contributed by atoms with Crippen LogP contribution < -0.4 is 5.56 Å². The summed E-state index contributed by atoms with van der Waals surface area (Å²) in [5.74, 6) is 1.66. The summed E-state index contributed by atoms with van der Waals surface area (Å²) in [6.45, 7) is 6.37. The summed E-state index contributed by atoms with van der Waals surface area (Å²) in [4.78, 5) is 34.0. The third-order valence-corrected chi connectivity index (χ3v) is 7.43. The summed E-state index contributed by atoms with van der Waals surface area (Å²) in [6, 6.07) is 7.71. The quantitative estimate of drug-likeness (QED) is 0.205. The van der Waals surface area contributed by atoms with E-state index < -0.39 is 0 Å². The highest BCUT2D eigenvalue weighted by atomic mass is 32.2. The van der Waals surface area contributed by atoms with Crippen molar-refractivity contribution in [3.8, 4) is 10.4 Å². The van der Waals surface area contributed by atoms with Crippen LogP contribution in [0.5, 0.6) is 0 Å². The number of carbonyl (C=O) groups excluding carboxylic acids is 1. The molecule has 4 aromatic rings. The molecular formula is C22H21N3O3S3. The molecule has 0 saturated carbocycles. The van der Waals surface area contributed by atoms with E-state index in [0.29, 0.717) is 28.5 Å². The highest BCUT2D eigenvalue weighted by Crippen LogP contribution is 2.34. The van der Waals surface area contributed by atoms with Crippen LogP contribution in [-0.4, -0.2) is 33.2 Å². The molecule has 0 fully saturated rings. The van der Waals surface area contributed by atoms with Gasteiger partial charge in [0.15, 0.2) is 5.16 Å². The molecule has 0 bridgehead atoms. The molecule has 6 nitrogen and oxygen atoms in total. The van der Waals surface area contributed by atoms with E-state index in [1.165, 1.54) is 23.1 Å². The van der Waals surface area contributed by atoms with Crippen LogP contribution in [0.2, 0.25) is 0 Å². The van der Waals surface area contributed by atoms with Crippen LogP contribution in [0.15, 0.2) is 62.0 Å². The second-order valence-corrected chi connectivity index (χ2v) is 9.70. The van der Waals surface area contributed by atoms with Gasteiger partial charge in [-0.3, -0.25) is 14.2 Å². The molecule has 0 aromatic carbocycles. The largest absolute Gasteiger partial charge is 0.464 e. The van der Waals surface area contributed by atoms with Crippen LogP contribution in [0.25, 0.3) is 20.7 Å². The maximum Gasteiger partial charge on any atom is 0.263 e. The van der Waals surface area contributed by atoms with Crippen molar-refractivity contribution in [3.63, 3.8) is 0 Å². The van der Waals surface area contributed by atoms with E-state index in [9.17, 15) is 9.59 Å². The summed E-state index contributed by atoms with van der Waals surface area (Å²) in [7, 11) is 1.74. The van der Waals surface area contributed by atoms with Gasteiger partial charge in [-0.1, -0.05) is 23.9 Å². The standard InChI is InChI=1S/C22H21N3O3S3/c1-4-9-25-21(27)19-16(17-6-5-10-29-17)12-30-20(19)23-22(25)31-13-18(26)24(3)11-15-8-7-14(2)28-15/h4-8,10,12H,1,9,11,13H2,2-3H3. The molecule has 0 aliphatic heterocycles. The highest BCUT2D eigenvalue weighted by molar-refractivity contribution is 7.99. The normalized spacial score (nSPS) is 11.2. The first kappa shape index (κ1) is 21.6. The van der Waals surface area contributed by atoms with E-state index in [-0.39, 0.29) is 17.2 Å². The first-order valence-electron chi connectivity index (χ1n) is 9.56. The molecule has 1 amide bonds. The fourth-order valence-electron chi connectivity index (χ4n) is 3.15. The van der Waals surface area contributed by atoms with Crippen LogP contribution in [0.1, 0.15) is 11.5 Å². The van der Waals surface area contributed by atoms with Crippen molar-refractivity contribution in [3.05, 3.63) is 69.6 Å². The second kappa shape index (κ2) is 9.25. The van der Waals surface area contributed by atoms with Crippen LogP contribution >= 0.6 is 34.4 Å². The number of furan rings is 1. The number of thioether (sulfide) groups is 1. The van der Waals surface area contributed by atoms with Crippen molar-refractivity contribution in [2.75, 3.05) is 12.8 Å². The maximum absolute atomic E-state index is 13.3. The van der Waals surface area contributed by atoms with Crippen LogP contribution in [0, 0.1) is 6.92 Å². The van der Waals surface area contributed by atoms with Gasteiger partial charge in [-0.2, -0.15) is 0 Å². The van der Waals surface area contributed by atoms with E-state index in [1.54, 1.807) is 33.9 Å². The maximum atomic E-state index is 13.3. The number of nitrogens with zero attached hydrogens (tertiary/aromatic N) is 3. The minimum atomic E-state index is -0.107. The molecule has 0 aliphatic carbocycles. The lowest BCUT2D eigenvalue weighted by Crippen LogP contribution is -2.28. The van der Waals surface area contributed by atoms with E-state index >= 15 is 0 Å². The Hall–Kier alpha value is -2.62. The van der Waals surface area contributed by atoms with Gasteiger partial charge in [-0.15, -0.1) is 29.3 Å². The molecule has 31 heavy (non-hydrogen) atoms. The third kappa shape index (κ3) is 4.53. The lowest BCUT2D eigenvalue weighted by Gasteiger charge is -2.16. The van der Waals surface area contributed by atoms with E-state index in [2.05, 4.69) is 6.58 Å². The fraction of sp³-hybridized carbons (Fsp3) is 0.227. The Morgan fingerprint density at radius 2 is 2.19 bits per heavy atom.